The lowest BCUT2D eigenvalue weighted by Gasteiger charge is -2.07. The monoisotopic (exact) mass is 349 g/mol. The zero-order chi connectivity index (χ0) is 18.4. The Morgan fingerprint density at radius 3 is 2.12 bits per heavy atom. The number of amides is 2. The van der Waals surface area contributed by atoms with Crippen LogP contribution in [0.25, 0.3) is 11.1 Å². The molecule has 132 valence electrons. The first-order valence-corrected chi connectivity index (χ1v) is 8.29. The van der Waals surface area contributed by atoms with Crippen LogP contribution < -0.4 is 10.6 Å². The molecule has 0 atom stereocenters. The van der Waals surface area contributed by atoms with E-state index < -0.39 is 0 Å². The molecule has 6 nitrogen and oxygen atoms in total. The Morgan fingerprint density at radius 2 is 1.50 bits per heavy atom. The van der Waals surface area contributed by atoms with Gasteiger partial charge in [0.1, 0.15) is 5.76 Å². The van der Waals surface area contributed by atoms with Crippen LogP contribution in [0.3, 0.4) is 0 Å². The summed E-state index contributed by atoms with van der Waals surface area (Å²) in [6.45, 7) is 2.34. The molecule has 0 saturated carbocycles. The first-order valence-electron chi connectivity index (χ1n) is 8.29. The van der Waals surface area contributed by atoms with Crippen molar-refractivity contribution in [3.8, 4) is 11.1 Å². The summed E-state index contributed by atoms with van der Waals surface area (Å²) in [5, 5.41) is 9.08. The van der Waals surface area contributed by atoms with E-state index in [1.807, 2.05) is 42.5 Å². The van der Waals surface area contributed by atoms with Crippen LogP contribution in [0.2, 0.25) is 0 Å². The summed E-state index contributed by atoms with van der Waals surface area (Å²) >= 11 is 0. The molecule has 0 aliphatic rings. The molecule has 1 heterocycles. The van der Waals surface area contributed by atoms with Crippen molar-refractivity contribution >= 4 is 11.8 Å². The molecule has 2 aromatic carbocycles. The third-order valence-corrected chi connectivity index (χ3v) is 3.81. The maximum Gasteiger partial charge on any atom is 0.273 e. The van der Waals surface area contributed by atoms with E-state index in [4.69, 9.17) is 4.52 Å². The van der Waals surface area contributed by atoms with Crippen molar-refractivity contribution in [3.05, 3.63) is 77.7 Å². The number of rotatable bonds is 6. The van der Waals surface area contributed by atoms with Gasteiger partial charge >= 0.3 is 0 Å². The van der Waals surface area contributed by atoms with E-state index in [1.54, 1.807) is 25.1 Å². The average molecular weight is 349 g/mol. The van der Waals surface area contributed by atoms with Crippen LogP contribution in [0.1, 0.15) is 26.6 Å². The van der Waals surface area contributed by atoms with Gasteiger partial charge < -0.3 is 15.2 Å². The number of aryl methyl sites for hydroxylation is 1. The molecule has 0 saturated heterocycles. The number of carbonyl (C=O) groups excluding carboxylic acids is 2. The normalized spacial score (nSPS) is 10.3. The van der Waals surface area contributed by atoms with Crippen molar-refractivity contribution in [2.24, 2.45) is 0 Å². The summed E-state index contributed by atoms with van der Waals surface area (Å²) in [6, 6.07) is 18.9. The Hall–Kier alpha value is -3.41. The molecule has 0 unspecified atom stereocenters. The molecule has 0 aliphatic heterocycles. The highest BCUT2D eigenvalue weighted by Crippen LogP contribution is 2.19. The molecule has 3 rings (SSSR count). The Balaban J connectivity index is 1.47. The molecule has 2 N–H and O–H groups in total. The molecule has 0 aliphatic carbocycles. The van der Waals surface area contributed by atoms with Crippen molar-refractivity contribution in [1.82, 2.24) is 15.8 Å². The molecule has 0 fully saturated rings. The molecular weight excluding hydrogens is 330 g/mol. The second-order valence-corrected chi connectivity index (χ2v) is 5.78. The first kappa shape index (κ1) is 17.4. The zero-order valence-corrected chi connectivity index (χ0v) is 14.4. The predicted molar refractivity (Wildman–Crippen MR) is 97.8 cm³/mol. The number of hydrogen-bond donors (Lipinski definition) is 2. The fraction of sp³-hybridized carbons (Fsp3) is 0.150. The standard InChI is InChI=1S/C20H19N3O3/c1-14-13-18(23-26-14)20(25)22-12-11-21-19(24)17-9-7-16(8-10-17)15-5-3-2-4-6-15/h2-10,13H,11-12H2,1H3,(H,21,24)(H,22,25). The summed E-state index contributed by atoms with van der Waals surface area (Å²) in [7, 11) is 0. The van der Waals surface area contributed by atoms with Gasteiger partial charge in [-0.25, -0.2) is 0 Å². The topological polar surface area (TPSA) is 84.2 Å². The van der Waals surface area contributed by atoms with Crippen LogP contribution >= 0.6 is 0 Å². The molecule has 1 aromatic heterocycles. The highest BCUT2D eigenvalue weighted by Gasteiger charge is 2.10. The van der Waals surface area contributed by atoms with Crippen LogP contribution in [0.4, 0.5) is 0 Å². The lowest BCUT2D eigenvalue weighted by Crippen LogP contribution is -2.34. The maximum absolute atomic E-state index is 12.2. The molecule has 6 heteroatoms. The first-order chi connectivity index (χ1) is 12.6. The molecule has 0 radical (unpaired) electrons. The second kappa shape index (κ2) is 8.11. The van der Waals surface area contributed by atoms with E-state index in [-0.39, 0.29) is 17.5 Å². The van der Waals surface area contributed by atoms with Crippen LogP contribution in [-0.4, -0.2) is 30.1 Å². The van der Waals surface area contributed by atoms with Gasteiger partial charge in [-0.3, -0.25) is 9.59 Å². The summed E-state index contributed by atoms with van der Waals surface area (Å²) in [4.78, 5) is 24.0. The highest BCUT2D eigenvalue weighted by molar-refractivity contribution is 5.95. The van der Waals surface area contributed by atoms with E-state index in [0.717, 1.165) is 11.1 Å². The summed E-state index contributed by atoms with van der Waals surface area (Å²) < 4.78 is 4.85. The van der Waals surface area contributed by atoms with Crippen LogP contribution in [0.15, 0.2) is 65.2 Å². The minimum absolute atomic E-state index is 0.184. The number of benzene rings is 2. The summed E-state index contributed by atoms with van der Waals surface area (Å²) in [6.07, 6.45) is 0. The summed E-state index contributed by atoms with van der Waals surface area (Å²) in [5.41, 5.74) is 2.95. The predicted octanol–water partition coefficient (Wildman–Crippen LogP) is 2.81. The van der Waals surface area contributed by atoms with E-state index >= 15 is 0 Å². The number of nitrogens with one attached hydrogen (secondary N) is 2. The molecular formula is C20H19N3O3. The Bertz CT molecular complexity index is 886. The smallest absolute Gasteiger partial charge is 0.273 e. The molecule has 0 spiro atoms. The minimum Gasteiger partial charge on any atom is -0.361 e. The van der Waals surface area contributed by atoms with Crippen LogP contribution in [0, 0.1) is 6.92 Å². The molecule has 3 aromatic rings. The number of aromatic nitrogens is 1. The Labute approximate surface area is 151 Å². The van der Waals surface area contributed by atoms with Gasteiger partial charge in [-0.1, -0.05) is 47.6 Å². The number of carbonyl (C=O) groups is 2. The highest BCUT2D eigenvalue weighted by atomic mass is 16.5. The number of nitrogens with zero attached hydrogens (tertiary/aromatic N) is 1. The fourth-order valence-electron chi connectivity index (χ4n) is 2.46. The lowest BCUT2D eigenvalue weighted by atomic mass is 10.0. The van der Waals surface area contributed by atoms with Crippen molar-refractivity contribution in [2.75, 3.05) is 13.1 Å². The largest absolute Gasteiger partial charge is 0.361 e. The Morgan fingerprint density at radius 1 is 0.885 bits per heavy atom. The van der Waals surface area contributed by atoms with Crippen LogP contribution in [0.5, 0.6) is 0 Å². The van der Waals surface area contributed by atoms with Gasteiger partial charge in [0.05, 0.1) is 0 Å². The van der Waals surface area contributed by atoms with Gasteiger partial charge in [-0.2, -0.15) is 0 Å². The molecule has 0 bridgehead atoms. The van der Waals surface area contributed by atoms with Gasteiger partial charge in [0.15, 0.2) is 5.69 Å². The lowest BCUT2D eigenvalue weighted by molar-refractivity contribution is 0.0922. The average Bonchev–Trinajstić information content (AvgIpc) is 3.12. The quantitative estimate of drug-likeness (QED) is 0.670. The summed E-state index contributed by atoms with van der Waals surface area (Å²) in [5.74, 6) is 0.0573. The van der Waals surface area contributed by atoms with Crippen molar-refractivity contribution in [1.29, 1.82) is 0 Å². The second-order valence-electron chi connectivity index (χ2n) is 5.78. The third-order valence-electron chi connectivity index (χ3n) is 3.81. The number of hydrogen-bond acceptors (Lipinski definition) is 4. The van der Waals surface area contributed by atoms with Crippen LogP contribution in [-0.2, 0) is 0 Å². The fourth-order valence-corrected chi connectivity index (χ4v) is 2.46. The van der Waals surface area contributed by atoms with Gasteiger partial charge in [0.2, 0.25) is 0 Å². The minimum atomic E-state index is -0.330. The van der Waals surface area contributed by atoms with Gasteiger partial charge in [0.25, 0.3) is 11.8 Å². The SMILES string of the molecule is Cc1cc(C(=O)NCCNC(=O)c2ccc(-c3ccccc3)cc2)no1. The van der Waals surface area contributed by atoms with E-state index in [2.05, 4.69) is 15.8 Å². The van der Waals surface area contributed by atoms with Crippen molar-refractivity contribution in [2.45, 2.75) is 6.92 Å². The van der Waals surface area contributed by atoms with Gasteiger partial charge in [-0.15, -0.1) is 0 Å². The van der Waals surface area contributed by atoms with Crippen molar-refractivity contribution in [3.63, 3.8) is 0 Å². The maximum atomic E-state index is 12.2. The van der Waals surface area contributed by atoms with Crippen molar-refractivity contribution < 1.29 is 14.1 Å². The molecule has 2 amide bonds. The molecule has 26 heavy (non-hydrogen) atoms. The van der Waals surface area contributed by atoms with Gasteiger partial charge in [-0.05, 0) is 30.2 Å². The van der Waals surface area contributed by atoms with E-state index in [9.17, 15) is 9.59 Å². The third kappa shape index (κ3) is 4.36. The Kier molecular flexibility index (Phi) is 5.43. The zero-order valence-electron chi connectivity index (χ0n) is 14.4. The van der Waals surface area contributed by atoms with E-state index in [0.29, 0.717) is 24.4 Å². The van der Waals surface area contributed by atoms with E-state index in [1.165, 1.54) is 0 Å². The van der Waals surface area contributed by atoms with Gasteiger partial charge in [0, 0.05) is 24.7 Å².